The number of nitrogens with zero attached hydrogens (tertiary/aromatic N) is 3. The molecule has 1 aliphatic rings. The summed E-state index contributed by atoms with van der Waals surface area (Å²) in [5, 5.41) is 0. The highest BCUT2D eigenvalue weighted by Crippen LogP contribution is 2.23. The van der Waals surface area contributed by atoms with Crippen molar-refractivity contribution in [3.8, 4) is 0 Å². The minimum atomic E-state index is 0.141. The zero-order chi connectivity index (χ0) is 15.2. The van der Waals surface area contributed by atoms with E-state index in [-0.39, 0.29) is 6.10 Å². The third kappa shape index (κ3) is 4.40. The summed E-state index contributed by atoms with van der Waals surface area (Å²) in [7, 11) is 5.88. The fraction of sp³-hybridized carbons (Fsp3) is 0.688. The molecule has 0 unspecified atom stereocenters. The van der Waals surface area contributed by atoms with Crippen LogP contribution in [0.1, 0.15) is 18.3 Å². The van der Waals surface area contributed by atoms with Gasteiger partial charge in [0.1, 0.15) is 0 Å². The summed E-state index contributed by atoms with van der Waals surface area (Å²) >= 11 is 0. The smallest absolute Gasteiger partial charge is 0.0983 e. The predicted octanol–water partition coefficient (Wildman–Crippen LogP) is 1.56. The van der Waals surface area contributed by atoms with E-state index in [4.69, 9.17) is 14.5 Å². The van der Waals surface area contributed by atoms with Crippen molar-refractivity contribution in [1.29, 1.82) is 0 Å². The van der Waals surface area contributed by atoms with Crippen LogP contribution in [0.15, 0.2) is 12.1 Å². The summed E-state index contributed by atoms with van der Waals surface area (Å²) in [5.74, 6) is 0. The van der Waals surface area contributed by atoms with Gasteiger partial charge in [0.2, 0.25) is 0 Å². The molecule has 1 atom stereocenters. The van der Waals surface area contributed by atoms with Gasteiger partial charge in [-0.15, -0.1) is 0 Å². The molecule has 0 amide bonds. The lowest BCUT2D eigenvalue weighted by Crippen LogP contribution is -2.45. The molecule has 0 radical (unpaired) electrons. The van der Waals surface area contributed by atoms with Gasteiger partial charge in [-0.3, -0.25) is 4.98 Å². The van der Waals surface area contributed by atoms with E-state index >= 15 is 0 Å². The van der Waals surface area contributed by atoms with Gasteiger partial charge in [-0.2, -0.15) is 0 Å². The monoisotopic (exact) mass is 293 g/mol. The van der Waals surface area contributed by atoms with Crippen LogP contribution >= 0.6 is 0 Å². The molecular weight excluding hydrogens is 266 g/mol. The predicted molar refractivity (Wildman–Crippen MR) is 84.8 cm³/mol. The Morgan fingerprint density at radius 1 is 1.43 bits per heavy atom. The molecule has 5 nitrogen and oxygen atoms in total. The lowest BCUT2D eigenvalue weighted by molar-refractivity contribution is -0.0101. The average molecular weight is 293 g/mol. The molecule has 0 aromatic carbocycles. The van der Waals surface area contributed by atoms with Crippen LogP contribution in [0.4, 0.5) is 5.69 Å². The number of ether oxygens (including phenoxy) is 2. The van der Waals surface area contributed by atoms with E-state index in [0.29, 0.717) is 6.61 Å². The normalized spacial score (nSPS) is 19.3. The highest BCUT2D eigenvalue weighted by molar-refractivity contribution is 5.51. The third-order valence-electron chi connectivity index (χ3n) is 3.67. The first-order valence-electron chi connectivity index (χ1n) is 7.63. The van der Waals surface area contributed by atoms with Crippen molar-refractivity contribution < 1.29 is 9.47 Å². The molecule has 0 saturated carbocycles. The van der Waals surface area contributed by atoms with Crippen molar-refractivity contribution in [3.05, 3.63) is 23.5 Å². The second kappa shape index (κ2) is 7.73. The lowest BCUT2D eigenvalue weighted by atomic mass is 10.1. The Hall–Kier alpha value is -1.17. The molecule has 0 N–H and O–H groups in total. The highest BCUT2D eigenvalue weighted by Gasteiger charge is 2.23. The lowest BCUT2D eigenvalue weighted by Gasteiger charge is -2.35. The number of morpholine rings is 1. The standard InChI is InChI=1S/C16H27N3O2/c1-5-13-6-7-16(15(17-13)11-18(2)3)19-8-9-21-14(10-19)12-20-4/h6-7,14H,5,8-12H2,1-4H3/t14-/m0/s1. The zero-order valence-electron chi connectivity index (χ0n) is 13.6. The van der Waals surface area contributed by atoms with Gasteiger partial charge < -0.3 is 19.3 Å². The van der Waals surface area contributed by atoms with Gasteiger partial charge in [-0.25, -0.2) is 0 Å². The van der Waals surface area contributed by atoms with Gasteiger partial charge in [0, 0.05) is 32.4 Å². The highest BCUT2D eigenvalue weighted by atomic mass is 16.5. The Bertz CT molecular complexity index is 449. The summed E-state index contributed by atoms with van der Waals surface area (Å²) in [5.41, 5.74) is 3.53. The SMILES string of the molecule is CCc1ccc(N2CCO[C@H](COC)C2)c(CN(C)C)n1. The number of hydrogen-bond acceptors (Lipinski definition) is 5. The molecule has 1 aliphatic heterocycles. The van der Waals surface area contributed by atoms with Gasteiger partial charge in [0.15, 0.2) is 0 Å². The summed E-state index contributed by atoms with van der Waals surface area (Å²) < 4.78 is 11.0. The van der Waals surface area contributed by atoms with E-state index in [1.54, 1.807) is 7.11 Å². The van der Waals surface area contributed by atoms with Crippen LogP contribution < -0.4 is 4.90 Å². The van der Waals surface area contributed by atoms with Gasteiger partial charge >= 0.3 is 0 Å². The van der Waals surface area contributed by atoms with Gasteiger partial charge in [0.05, 0.1) is 30.7 Å². The molecule has 0 spiro atoms. The van der Waals surface area contributed by atoms with E-state index in [1.165, 1.54) is 5.69 Å². The summed E-state index contributed by atoms with van der Waals surface area (Å²) in [6.45, 7) is 6.15. The number of rotatable bonds is 6. The van der Waals surface area contributed by atoms with Crippen molar-refractivity contribution in [2.24, 2.45) is 0 Å². The molecule has 0 aliphatic carbocycles. The van der Waals surface area contributed by atoms with Crippen molar-refractivity contribution in [2.45, 2.75) is 26.0 Å². The van der Waals surface area contributed by atoms with Gasteiger partial charge in [-0.1, -0.05) is 6.92 Å². The van der Waals surface area contributed by atoms with E-state index in [0.717, 1.165) is 44.0 Å². The minimum absolute atomic E-state index is 0.141. The fourth-order valence-electron chi connectivity index (χ4n) is 2.66. The van der Waals surface area contributed by atoms with Crippen LogP contribution in [0, 0.1) is 0 Å². The van der Waals surface area contributed by atoms with Crippen LogP contribution in [0.2, 0.25) is 0 Å². The summed E-state index contributed by atoms with van der Waals surface area (Å²) in [6.07, 6.45) is 1.11. The average Bonchev–Trinajstić information content (AvgIpc) is 2.47. The molecule has 118 valence electrons. The number of pyridine rings is 1. The third-order valence-corrected chi connectivity index (χ3v) is 3.67. The first-order chi connectivity index (χ1) is 10.1. The number of hydrogen-bond donors (Lipinski definition) is 0. The van der Waals surface area contributed by atoms with Crippen molar-refractivity contribution in [1.82, 2.24) is 9.88 Å². The van der Waals surface area contributed by atoms with Crippen molar-refractivity contribution in [3.63, 3.8) is 0 Å². The van der Waals surface area contributed by atoms with Crippen LogP contribution in [0.3, 0.4) is 0 Å². The Morgan fingerprint density at radius 2 is 2.24 bits per heavy atom. The second-order valence-electron chi connectivity index (χ2n) is 5.75. The zero-order valence-corrected chi connectivity index (χ0v) is 13.6. The molecule has 2 heterocycles. The number of aryl methyl sites for hydroxylation is 1. The van der Waals surface area contributed by atoms with E-state index in [1.807, 2.05) is 0 Å². The van der Waals surface area contributed by atoms with Crippen LogP contribution in [0.5, 0.6) is 0 Å². The molecule has 5 heteroatoms. The molecule has 21 heavy (non-hydrogen) atoms. The van der Waals surface area contributed by atoms with Crippen LogP contribution in [-0.4, -0.2) is 63.5 Å². The topological polar surface area (TPSA) is 37.8 Å². The second-order valence-corrected chi connectivity index (χ2v) is 5.75. The number of anilines is 1. The maximum absolute atomic E-state index is 5.74. The first kappa shape index (κ1) is 16.2. The maximum Gasteiger partial charge on any atom is 0.0983 e. The Balaban J connectivity index is 2.20. The minimum Gasteiger partial charge on any atom is -0.382 e. The van der Waals surface area contributed by atoms with Crippen LogP contribution in [0.25, 0.3) is 0 Å². The molecule has 1 aromatic rings. The van der Waals surface area contributed by atoms with Crippen molar-refractivity contribution >= 4 is 5.69 Å². The Kier molecular flexibility index (Phi) is 5.96. The van der Waals surface area contributed by atoms with Gasteiger partial charge in [-0.05, 0) is 32.6 Å². The van der Waals surface area contributed by atoms with E-state index in [2.05, 4.69) is 43.0 Å². The number of aromatic nitrogens is 1. The molecule has 1 fully saturated rings. The summed E-state index contributed by atoms with van der Waals surface area (Å²) in [4.78, 5) is 9.36. The Labute approximate surface area is 127 Å². The van der Waals surface area contributed by atoms with Gasteiger partial charge in [0.25, 0.3) is 0 Å². The number of methoxy groups -OCH3 is 1. The molecule has 0 bridgehead atoms. The molecule has 1 aromatic heterocycles. The van der Waals surface area contributed by atoms with E-state index < -0.39 is 0 Å². The summed E-state index contributed by atoms with van der Waals surface area (Å²) in [6, 6.07) is 4.34. The van der Waals surface area contributed by atoms with E-state index in [9.17, 15) is 0 Å². The fourth-order valence-corrected chi connectivity index (χ4v) is 2.66. The Morgan fingerprint density at radius 3 is 2.90 bits per heavy atom. The van der Waals surface area contributed by atoms with Crippen LogP contribution in [-0.2, 0) is 22.4 Å². The first-order valence-corrected chi connectivity index (χ1v) is 7.63. The molecular formula is C16H27N3O2. The molecule has 1 saturated heterocycles. The maximum atomic E-state index is 5.74. The largest absolute Gasteiger partial charge is 0.382 e. The molecule has 2 rings (SSSR count). The quantitative estimate of drug-likeness (QED) is 0.796. The van der Waals surface area contributed by atoms with Crippen molar-refractivity contribution in [2.75, 3.05) is 52.4 Å².